The Bertz CT molecular complexity index is 1250. The highest BCUT2D eigenvalue weighted by molar-refractivity contribution is 7.89. The molecule has 32 heavy (non-hydrogen) atoms. The number of fused-ring (bicyclic) bond motifs is 1. The van der Waals surface area contributed by atoms with Gasteiger partial charge in [-0.3, -0.25) is 9.78 Å². The van der Waals surface area contributed by atoms with Crippen LogP contribution in [-0.2, 0) is 10.0 Å². The molecule has 7 nitrogen and oxygen atoms in total. The number of rotatable bonds is 8. The number of halogens is 1. The number of aryl methyl sites for hydroxylation is 1. The van der Waals surface area contributed by atoms with Crippen molar-refractivity contribution in [3.8, 4) is 5.75 Å². The normalized spacial score (nSPS) is 11.7. The predicted molar refractivity (Wildman–Crippen MR) is 122 cm³/mol. The lowest BCUT2D eigenvalue weighted by Crippen LogP contribution is -2.31. The maximum absolute atomic E-state index is 13.6. The molecule has 0 atom stereocenters. The van der Waals surface area contributed by atoms with Crippen LogP contribution in [0.4, 0.5) is 10.1 Å². The van der Waals surface area contributed by atoms with Crippen LogP contribution in [0.5, 0.6) is 5.75 Å². The van der Waals surface area contributed by atoms with E-state index < -0.39 is 21.7 Å². The fourth-order valence-corrected chi connectivity index (χ4v) is 5.10. The molecular weight excluding hydrogens is 433 g/mol. The Balaban J connectivity index is 2.03. The van der Waals surface area contributed by atoms with Crippen LogP contribution in [0.2, 0.25) is 0 Å². The monoisotopic (exact) mass is 459 g/mol. The van der Waals surface area contributed by atoms with E-state index in [1.165, 1.54) is 34.6 Å². The molecule has 0 radical (unpaired) electrons. The van der Waals surface area contributed by atoms with Crippen LogP contribution < -0.4 is 10.1 Å². The molecule has 0 spiro atoms. The molecule has 2 aromatic carbocycles. The van der Waals surface area contributed by atoms with Crippen LogP contribution in [0.25, 0.3) is 10.9 Å². The van der Waals surface area contributed by atoms with Crippen molar-refractivity contribution in [2.45, 2.75) is 32.6 Å². The molecule has 3 aromatic rings. The molecule has 1 N–H and O–H groups in total. The molecule has 0 aliphatic carbocycles. The van der Waals surface area contributed by atoms with E-state index in [9.17, 15) is 17.6 Å². The number of carbonyl (C=O) groups is 1. The van der Waals surface area contributed by atoms with Crippen LogP contribution in [0.3, 0.4) is 0 Å². The van der Waals surface area contributed by atoms with E-state index in [0.29, 0.717) is 47.5 Å². The van der Waals surface area contributed by atoms with Gasteiger partial charge in [-0.1, -0.05) is 13.8 Å². The highest BCUT2D eigenvalue weighted by Gasteiger charge is 2.26. The van der Waals surface area contributed by atoms with Gasteiger partial charge < -0.3 is 10.1 Å². The number of pyridine rings is 1. The van der Waals surface area contributed by atoms with E-state index >= 15 is 0 Å². The third-order valence-corrected chi connectivity index (χ3v) is 7.04. The van der Waals surface area contributed by atoms with E-state index in [-0.39, 0.29) is 10.6 Å². The summed E-state index contributed by atoms with van der Waals surface area (Å²) in [4.78, 5) is 17.3. The second-order valence-corrected chi connectivity index (χ2v) is 9.02. The lowest BCUT2D eigenvalue weighted by atomic mass is 10.1. The summed E-state index contributed by atoms with van der Waals surface area (Å²) in [6.07, 6.45) is 0. The van der Waals surface area contributed by atoms with E-state index in [4.69, 9.17) is 4.74 Å². The number of anilines is 1. The number of amides is 1. The Morgan fingerprint density at radius 3 is 2.47 bits per heavy atom. The Hall–Kier alpha value is -3.04. The fraction of sp³-hybridized carbons (Fsp3) is 0.304. The van der Waals surface area contributed by atoms with Crippen molar-refractivity contribution in [3.05, 3.63) is 59.5 Å². The number of carbonyl (C=O) groups excluding carboxylic acids is 1. The zero-order valence-corrected chi connectivity index (χ0v) is 19.3. The molecule has 0 unspecified atom stereocenters. The summed E-state index contributed by atoms with van der Waals surface area (Å²) in [5.41, 5.74) is 1.54. The van der Waals surface area contributed by atoms with Crippen molar-refractivity contribution in [3.63, 3.8) is 0 Å². The number of aromatic nitrogens is 1. The van der Waals surface area contributed by atoms with Gasteiger partial charge in [0.2, 0.25) is 10.0 Å². The van der Waals surface area contributed by atoms with Crippen molar-refractivity contribution in [1.29, 1.82) is 0 Å². The molecule has 9 heteroatoms. The molecule has 0 fully saturated rings. The quantitative estimate of drug-likeness (QED) is 0.541. The predicted octanol–water partition coefficient (Wildman–Crippen LogP) is 4.36. The minimum atomic E-state index is -3.82. The van der Waals surface area contributed by atoms with Crippen molar-refractivity contribution in [2.75, 3.05) is 25.0 Å². The van der Waals surface area contributed by atoms with E-state index in [1.54, 1.807) is 39.8 Å². The molecule has 170 valence electrons. The Kier molecular flexibility index (Phi) is 7.10. The molecule has 0 saturated heterocycles. The molecule has 1 aromatic heterocycles. The van der Waals surface area contributed by atoms with Gasteiger partial charge in [-0.15, -0.1) is 0 Å². The molecule has 0 saturated carbocycles. The lowest BCUT2D eigenvalue weighted by molar-refractivity contribution is 0.102. The summed E-state index contributed by atoms with van der Waals surface area (Å²) in [5.74, 6) is -0.680. The minimum Gasteiger partial charge on any atom is -0.492 e. The number of sulfonamides is 1. The summed E-state index contributed by atoms with van der Waals surface area (Å²) in [6.45, 7) is 7.90. The van der Waals surface area contributed by atoms with Crippen LogP contribution in [0.15, 0.2) is 47.4 Å². The molecule has 0 bridgehead atoms. The molecule has 0 aliphatic heterocycles. The van der Waals surface area contributed by atoms with Gasteiger partial charge in [0.15, 0.2) is 0 Å². The first-order valence-electron chi connectivity index (χ1n) is 10.4. The van der Waals surface area contributed by atoms with Gasteiger partial charge >= 0.3 is 0 Å². The standard InChI is InChI=1S/C23H26FN3O4S/c1-5-27(6-2)32(29,30)22-14-17(9-11-21(22)31-7-3)26-23(28)19-12-15(4)25-20-13-16(24)8-10-18(19)20/h8-14H,5-7H2,1-4H3,(H,26,28). The maximum atomic E-state index is 13.6. The third kappa shape index (κ3) is 4.73. The largest absolute Gasteiger partial charge is 0.492 e. The van der Waals surface area contributed by atoms with Crippen LogP contribution in [-0.4, -0.2) is 43.3 Å². The first kappa shape index (κ1) is 23.6. The Labute approximate surface area is 187 Å². The maximum Gasteiger partial charge on any atom is 0.256 e. The van der Waals surface area contributed by atoms with Gasteiger partial charge in [0.05, 0.1) is 17.7 Å². The summed E-state index contributed by atoms with van der Waals surface area (Å²) >= 11 is 0. The average molecular weight is 460 g/mol. The average Bonchev–Trinajstić information content (AvgIpc) is 2.74. The molecule has 3 rings (SSSR count). The van der Waals surface area contributed by atoms with Crippen molar-refractivity contribution in [1.82, 2.24) is 9.29 Å². The molecule has 0 aliphatic rings. The van der Waals surface area contributed by atoms with Gasteiger partial charge in [0.25, 0.3) is 5.91 Å². The number of nitrogens with zero attached hydrogens (tertiary/aromatic N) is 2. The van der Waals surface area contributed by atoms with Gasteiger partial charge in [0, 0.05) is 35.9 Å². The highest BCUT2D eigenvalue weighted by Crippen LogP contribution is 2.30. The minimum absolute atomic E-state index is 0.0151. The van der Waals surface area contributed by atoms with Gasteiger partial charge in [0.1, 0.15) is 16.5 Å². The zero-order valence-electron chi connectivity index (χ0n) is 18.5. The Morgan fingerprint density at radius 2 is 1.81 bits per heavy atom. The molecular formula is C23H26FN3O4S. The molecule has 1 heterocycles. The summed E-state index contributed by atoms with van der Waals surface area (Å²) in [7, 11) is -3.82. The smallest absolute Gasteiger partial charge is 0.256 e. The van der Waals surface area contributed by atoms with Gasteiger partial charge in [-0.05, 0) is 50.2 Å². The summed E-state index contributed by atoms with van der Waals surface area (Å²) in [5, 5.41) is 3.25. The van der Waals surface area contributed by atoms with E-state index in [0.717, 1.165) is 0 Å². The topological polar surface area (TPSA) is 88.6 Å². The Morgan fingerprint density at radius 1 is 1.09 bits per heavy atom. The number of nitrogens with one attached hydrogen (secondary N) is 1. The van der Waals surface area contributed by atoms with Crippen molar-refractivity contribution >= 4 is 32.5 Å². The van der Waals surface area contributed by atoms with E-state index in [2.05, 4.69) is 10.3 Å². The third-order valence-electron chi connectivity index (χ3n) is 4.97. The second kappa shape index (κ2) is 9.62. The van der Waals surface area contributed by atoms with Crippen molar-refractivity contribution in [2.24, 2.45) is 0 Å². The van der Waals surface area contributed by atoms with Crippen LogP contribution in [0.1, 0.15) is 36.8 Å². The highest BCUT2D eigenvalue weighted by atomic mass is 32.2. The second-order valence-electron chi connectivity index (χ2n) is 7.11. The molecule has 1 amide bonds. The fourth-order valence-electron chi connectivity index (χ4n) is 3.49. The zero-order chi connectivity index (χ0) is 23.5. The summed E-state index contributed by atoms with van der Waals surface area (Å²) < 4.78 is 46.7. The van der Waals surface area contributed by atoms with Crippen LogP contribution >= 0.6 is 0 Å². The summed E-state index contributed by atoms with van der Waals surface area (Å²) in [6, 6.07) is 10.2. The van der Waals surface area contributed by atoms with Gasteiger partial charge in [-0.2, -0.15) is 4.31 Å². The number of benzene rings is 2. The first-order valence-corrected chi connectivity index (χ1v) is 11.8. The van der Waals surface area contributed by atoms with E-state index in [1.807, 2.05) is 0 Å². The van der Waals surface area contributed by atoms with Crippen LogP contribution in [0, 0.1) is 12.7 Å². The van der Waals surface area contributed by atoms with Gasteiger partial charge in [-0.25, -0.2) is 12.8 Å². The first-order chi connectivity index (χ1) is 15.2. The van der Waals surface area contributed by atoms with Crippen molar-refractivity contribution < 1.29 is 22.3 Å². The number of hydrogen-bond donors (Lipinski definition) is 1. The number of hydrogen-bond acceptors (Lipinski definition) is 5. The SMILES string of the molecule is CCOc1ccc(NC(=O)c2cc(C)nc3cc(F)ccc23)cc1S(=O)(=O)N(CC)CC. The lowest BCUT2D eigenvalue weighted by Gasteiger charge is -2.21. The number of ether oxygens (including phenoxy) is 1.